The summed E-state index contributed by atoms with van der Waals surface area (Å²) in [6.07, 6.45) is 0. The van der Waals surface area contributed by atoms with Crippen molar-refractivity contribution in [1.82, 2.24) is 15.0 Å². The highest BCUT2D eigenvalue weighted by Crippen LogP contribution is 2.23. The fourth-order valence-electron chi connectivity index (χ4n) is 2.94. The molecule has 0 radical (unpaired) electrons. The lowest BCUT2D eigenvalue weighted by atomic mass is 10.0. The second kappa shape index (κ2) is 6.07. The van der Waals surface area contributed by atoms with Crippen LogP contribution in [0.1, 0.15) is 38.6 Å². The Kier molecular flexibility index (Phi) is 4.09. The van der Waals surface area contributed by atoms with Crippen molar-refractivity contribution in [3.63, 3.8) is 0 Å². The van der Waals surface area contributed by atoms with E-state index in [1.807, 2.05) is 52.0 Å². The molecular weight excluding hydrogens is 302 g/mol. The second-order valence-electron chi connectivity index (χ2n) is 6.25. The van der Waals surface area contributed by atoms with Crippen LogP contribution in [-0.4, -0.2) is 28.0 Å². The summed E-state index contributed by atoms with van der Waals surface area (Å²) in [6.45, 7) is 8.14. The van der Waals surface area contributed by atoms with Gasteiger partial charge in [0.25, 0.3) is 5.91 Å². The van der Waals surface area contributed by atoms with Gasteiger partial charge in [0.05, 0.1) is 23.3 Å². The van der Waals surface area contributed by atoms with Crippen molar-refractivity contribution in [3.05, 3.63) is 58.1 Å². The molecule has 0 atom stereocenters. The predicted octanol–water partition coefficient (Wildman–Crippen LogP) is 3.73. The molecule has 0 saturated heterocycles. The Balaban J connectivity index is 2.01. The lowest BCUT2D eigenvalue weighted by molar-refractivity contribution is 0.0786. The molecule has 0 fully saturated rings. The normalized spacial score (nSPS) is 11.0. The molecule has 1 aromatic carbocycles. The number of nitrogens with zero attached hydrogens (tertiary/aromatic N) is 3. The van der Waals surface area contributed by atoms with E-state index < -0.39 is 0 Å². The number of para-hydroxylation sites is 1. The number of hydrogen-bond acceptors (Lipinski definition) is 4. The van der Waals surface area contributed by atoms with E-state index in [1.54, 1.807) is 11.9 Å². The van der Waals surface area contributed by atoms with Crippen LogP contribution in [0.3, 0.4) is 0 Å². The number of hydrogen-bond donors (Lipinski definition) is 0. The number of aryl methyl sites for hydroxylation is 4. The molecule has 0 aliphatic heterocycles. The highest BCUT2D eigenvalue weighted by molar-refractivity contribution is 6.06. The first-order valence-electron chi connectivity index (χ1n) is 7.92. The Morgan fingerprint density at radius 2 is 1.96 bits per heavy atom. The molecule has 0 unspecified atom stereocenters. The van der Waals surface area contributed by atoms with Crippen molar-refractivity contribution in [2.24, 2.45) is 0 Å². The standard InChI is InChI=1S/C19H21N3O2/c1-11-7-6-8-15-16(9-12(2)20-18(11)15)19(23)22(5)10-17-13(3)21-24-14(17)4/h6-9H,10H2,1-5H3. The molecule has 3 aromatic rings. The van der Waals surface area contributed by atoms with Gasteiger partial charge in [0.2, 0.25) is 0 Å². The van der Waals surface area contributed by atoms with Crippen LogP contribution in [-0.2, 0) is 6.54 Å². The monoisotopic (exact) mass is 323 g/mol. The lowest BCUT2D eigenvalue weighted by Gasteiger charge is -2.19. The number of benzene rings is 1. The van der Waals surface area contributed by atoms with Crippen molar-refractivity contribution in [2.75, 3.05) is 7.05 Å². The van der Waals surface area contributed by atoms with Crippen LogP contribution in [0.2, 0.25) is 0 Å². The summed E-state index contributed by atoms with van der Waals surface area (Å²) < 4.78 is 5.19. The minimum absolute atomic E-state index is 0.0314. The quantitative estimate of drug-likeness (QED) is 0.737. The Hall–Kier alpha value is -2.69. The summed E-state index contributed by atoms with van der Waals surface area (Å²) in [4.78, 5) is 19.3. The van der Waals surface area contributed by atoms with Crippen LogP contribution >= 0.6 is 0 Å². The SMILES string of the molecule is Cc1cc(C(=O)N(C)Cc2c(C)noc2C)c2cccc(C)c2n1. The molecule has 3 rings (SSSR count). The molecule has 0 aliphatic rings. The molecule has 5 heteroatoms. The third-order valence-corrected chi connectivity index (χ3v) is 4.32. The maximum Gasteiger partial charge on any atom is 0.254 e. The van der Waals surface area contributed by atoms with E-state index in [2.05, 4.69) is 10.1 Å². The van der Waals surface area contributed by atoms with E-state index in [-0.39, 0.29) is 5.91 Å². The zero-order valence-electron chi connectivity index (χ0n) is 14.7. The summed E-state index contributed by atoms with van der Waals surface area (Å²) in [5, 5.41) is 4.84. The van der Waals surface area contributed by atoms with Gasteiger partial charge in [-0.25, -0.2) is 0 Å². The Labute approximate surface area is 141 Å². The third kappa shape index (κ3) is 2.77. The molecule has 0 bridgehead atoms. The van der Waals surface area contributed by atoms with E-state index in [0.29, 0.717) is 12.1 Å². The van der Waals surface area contributed by atoms with Crippen LogP contribution in [0.5, 0.6) is 0 Å². The molecule has 2 aromatic heterocycles. The lowest BCUT2D eigenvalue weighted by Crippen LogP contribution is -2.27. The van der Waals surface area contributed by atoms with E-state index in [4.69, 9.17) is 4.52 Å². The average molecular weight is 323 g/mol. The van der Waals surface area contributed by atoms with Gasteiger partial charge in [-0.15, -0.1) is 0 Å². The summed E-state index contributed by atoms with van der Waals surface area (Å²) in [5.41, 5.74) is 5.24. The first-order chi connectivity index (χ1) is 11.4. The van der Waals surface area contributed by atoms with Gasteiger partial charge < -0.3 is 9.42 Å². The van der Waals surface area contributed by atoms with E-state index in [0.717, 1.165) is 39.2 Å². The Bertz CT molecular complexity index is 908. The molecular formula is C19H21N3O2. The van der Waals surface area contributed by atoms with Crippen molar-refractivity contribution < 1.29 is 9.32 Å². The van der Waals surface area contributed by atoms with E-state index in [1.165, 1.54) is 0 Å². The first kappa shape index (κ1) is 16.2. The van der Waals surface area contributed by atoms with Crippen LogP contribution in [0.15, 0.2) is 28.8 Å². The Morgan fingerprint density at radius 1 is 1.21 bits per heavy atom. The zero-order valence-corrected chi connectivity index (χ0v) is 14.7. The molecule has 2 heterocycles. The average Bonchev–Trinajstić information content (AvgIpc) is 2.86. The highest BCUT2D eigenvalue weighted by atomic mass is 16.5. The van der Waals surface area contributed by atoms with Gasteiger partial charge in [-0.3, -0.25) is 9.78 Å². The molecule has 24 heavy (non-hydrogen) atoms. The number of fused-ring (bicyclic) bond motifs is 1. The molecule has 124 valence electrons. The van der Waals surface area contributed by atoms with Gasteiger partial charge in [-0.1, -0.05) is 23.4 Å². The van der Waals surface area contributed by atoms with Gasteiger partial charge in [0.15, 0.2) is 0 Å². The van der Waals surface area contributed by atoms with Gasteiger partial charge in [0.1, 0.15) is 5.76 Å². The van der Waals surface area contributed by atoms with Gasteiger partial charge in [-0.05, 0) is 39.3 Å². The number of amides is 1. The fraction of sp³-hybridized carbons (Fsp3) is 0.316. The number of carbonyl (C=O) groups excluding carboxylic acids is 1. The molecule has 0 aliphatic carbocycles. The number of pyridine rings is 1. The molecule has 1 amide bonds. The molecule has 0 spiro atoms. The minimum atomic E-state index is -0.0314. The van der Waals surface area contributed by atoms with Crippen molar-refractivity contribution in [3.8, 4) is 0 Å². The third-order valence-electron chi connectivity index (χ3n) is 4.32. The summed E-state index contributed by atoms with van der Waals surface area (Å²) >= 11 is 0. The topological polar surface area (TPSA) is 59.2 Å². The predicted molar refractivity (Wildman–Crippen MR) is 93.0 cm³/mol. The number of carbonyl (C=O) groups is 1. The smallest absolute Gasteiger partial charge is 0.254 e. The maximum atomic E-state index is 13.0. The van der Waals surface area contributed by atoms with Crippen molar-refractivity contribution in [1.29, 1.82) is 0 Å². The second-order valence-corrected chi connectivity index (χ2v) is 6.25. The van der Waals surface area contributed by atoms with Crippen LogP contribution in [0.25, 0.3) is 10.9 Å². The maximum absolute atomic E-state index is 13.0. The summed E-state index contributed by atoms with van der Waals surface area (Å²) in [6, 6.07) is 7.77. The van der Waals surface area contributed by atoms with E-state index >= 15 is 0 Å². The highest BCUT2D eigenvalue weighted by Gasteiger charge is 2.19. The molecule has 0 N–H and O–H groups in total. The largest absolute Gasteiger partial charge is 0.361 e. The van der Waals surface area contributed by atoms with Crippen molar-refractivity contribution in [2.45, 2.75) is 34.2 Å². The molecule has 5 nitrogen and oxygen atoms in total. The number of rotatable bonds is 3. The summed E-state index contributed by atoms with van der Waals surface area (Å²) in [7, 11) is 1.80. The van der Waals surface area contributed by atoms with Crippen LogP contribution in [0.4, 0.5) is 0 Å². The Morgan fingerprint density at radius 3 is 2.62 bits per heavy atom. The van der Waals surface area contributed by atoms with Gasteiger partial charge in [0, 0.05) is 23.7 Å². The van der Waals surface area contributed by atoms with Crippen LogP contribution in [0, 0.1) is 27.7 Å². The summed E-state index contributed by atoms with van der Waals surface area (Å²) in [5.74, 6) is 0.717. The van der Waals surface area contributed by atoms with E-state index in [9.17, 15) is 4.79 Å². The zero-order chi connectivity index (χ0) is 17.4. The van der Waals surface area contributed by atoms with Crippen molar-refractivity contribution >= 4 is 16.8 Å². The first-order valence-corrected chi connectivity index (χ1v) is 7.92. The fourth-order valence-corrected chi connectivity index (χ4v) is 2.94. The van der Waals surface area contributed by atoms with Gasteiger partial charge in [-0.2, -0.15) is 0 Å². The number of aromatic nitrogens is 2. The molecule has 0 saturated carbocycles. The van der Waals surface area contributed by atoms with Gasteiger partial charge >= 0.3 is 0 Å². The van der Waals surface area contributed by atoms with Crippen LogP contribution < -0.4 is 0 Å². The minimum Gasteiger partial charge on any atom is -0.361 e.